The van der Waals surface area contributed by atoms with Crippen LogP contribution in [-0.2, 0) is 0 Å². The van der Waals surface area contributed by atoms with Gasteiger partial charge in [-0.05, 0) is 29.7 Å². The summed E-state index contributed by atoms with van der Waals surface area (Å²) in [5, 5.41) is 0. The van der Waals surface area contributed by atoms with Crippen molar-refractivity contribution in [3.05, 3.63) is 23.3 Å². The Hall–Kier alpha value is -0.520. The van der Waals surface area contributed by atoms with Gasteiger partial charge in [0.2, 0.25) is 0 Å². The molecule has 0 spiro atoms. The van der Waals surface area contributed by atoms with Crippen LogP contribution < -0.4 is 0 Å². The minimum Gasteiger partial charge on any atom is -0.0770 e. The van der Waals surface area contributed by atoms with Gasteiger partial charge < -0.3 is 0 Å². The highest BCUT2D eigenvalue weighted by molar-refractivity contribution is 5.34. The summed E-state index contributed by atoms with van der Waals surface area (Å²) in [6.07, 6.45) is 5.99. The molecule has 0 aromatic rings. The van der Waals surface area contributed by atoms with E-state index in [4.69, 9.17) is 0 Å². The summed E-state index contributed by atoms with van der Waals surface area (Å²) in [5.41, 5.74) is 3.15. The second-order valence-corrected chi connectivity index (χ2v) is 4.81. The molecule has 0 amide bonds. The second kappa shape index (κ2) is 4.13. The SMILES string of the molecule is CC(C)C1=CCC(C(C)C(C)C)=C1. The molecule has 74 valence electrons. The minimum atomic E-state index is 0.692. The molecule has 13 heavy (non-hydrogen) atoms. The Bertz CT molecular complexity index is 228. The summed E-state index contributed by atoms with van der Waals surface area (Å²) in [6, 6.07) is 0. The van der Waals surface area contributed by atoms with Crippen LogP contribution in [0.4, 0.5) is 0 Å². The summed E-state index contributed by atoms with van der Waals surface area (Å²) < 4.78 is 0. The standard InChI is InChI=1S/C13H22/c1-9(2)11(5)13-7-6-12(8-13)10(3)4/h6,8-11H,7H2,1-5H3. The van der Waals surface area contributed by atoms with E-state index in [-0.39, 0.29) is 0 Å². The van der Waals surface area contributed by atoms with Gasteiger partial charge in [0.05, 0.1) is 0 Å². The third-order valence-corrected chi connectivity index (χ3v) is 3.18. The molecule has 1 unspecified atom stereocenters. The van der Waals surface area contributed by atoms with E-state index < -0.39 is 0 Å². The van der Waals surface area contributed by atoms with E-state index in [9.17, 15) is 0 Å². The Labute approximate surface area is 82.7 Å². The fourth-order valence-electron chi connectivity index (χ4n) is 1.72. The van der Waals surface area contributed by atoms with Crippen molar-refractivity contribution in [2.45, 2.75) is 41.0 Å². The van der Waals surface area contributed by atoms with Gasteiger partial charge in [-0.2, -0.15) is 0 Å². The van der Waals surface area contributed by atoms with Gasteiger partial charge in [0, 0.05) is 0 Å². The van der Waals surface area contributed by atoms with Crippen LogP contribution in [0, 0.1) is 17.8 Å². The zero-order valence-corrected chi connectivity index (χ0v) is 9.59. The van der Waals surface area contributed by atoms with Gasteiger partial charge in [0.1, 0.15) is 0 Å². The van der Waals surface area contributed by atoms with Crippen LogP contribution in [0.2, 0.25) is 0 Å². The molecule has 0 aliphatic heterocycles. The van der Waals surface area contributed by atoms with Crippen LogP contribution in [0.1, 0.15) is 41.0 Å². The van der Waals surface area contributed by atoms with E-state index in [2.05, 4.69) is 46.8 Å². The zero-order valence-electron chi connectivity index (χ0n) is 9.59. The lowest BCUT2D eigenvalue weighted by molar-refractivity contribution is 0.475. The molecule has 0 saturated heterocycles. The largest absolute Gasteiger partial charge is 0.0770 e. The highest BCUT2D eigenvalue weighted by Gasteiger charge is 2.16. The molecular weight excluding hydrogens is 156 g/mol. The van der Waals surface area contributed by atoms with Crippen LogP contribution in [0.5, 0.6) is 0 Å². The van der Waals surface area contributed by atoms with Gasteiger partial charge in [-0.15, -0.1) is 0 Å². The molecule has 0 heteroatoms. The lowest BCUT2D eigenvalue weighted by Gasteiger charge is -2.16. The molecule has 0 bridgehead atoms. The summed E-state index contributed by atoms with van der Waals surface area (Å²) in [6.45, 7) is 11.5. The number of hydrogen-bond acceptors (Lipinski definition) is 0. The van der Waals surface area contributed by atoms with E-state index in [1.807, 2.05) is 0 Å². The molecule has 0 radical (unpaired) electrons. The van der Waals surface area contributed by atoms with E-state index in [1.54, 1.807) is 5.57 Å². The van der Waals surface area contributed by atoms with Crippen LogP contribution in [0.15, 0.2) is 23.3 Å². The maximum atomic E-state index is 2.41. The van der Waals surface area contributed by atoms with Gasteiger partial charge in [0.15, 0.2) is 0 Å². The molecule has 0 saturated carbocycles. The van der Waals surface area contributed by atoms with Gasteiger partial charge in [0.25, 0.3) is 0 Å². The summed E-state index contributed by atoms with van der Waals surface area (Å²) in [7, 11) is 0. The highest BCUT2D eigenvalue weighted by atomic mass is 14.2. The third kappa shape index (κ3) is 2.46. The average Bonchev–Trinajstić information content (AvgIpc) is 2.50. The highest BCUT2D eigenvalue weighted by Crippen LogP contribution is 2.31. The quantitative estimate of drug-likeness (QED) is 0.608. The molecule has 1 aliphatic rings. The molecule has 1 aliphatic carbocycles. The first-order valence-corrected chi connectivity index (χ1v) is 5.43. The first-order chi connectivity index (χ1) is 6.02. The van der Waals surface area contributed by atoms with Crippen LogP contribution in [-0.4, -0.2) is 0 Å². The van der Waals surface area contributed by atoms with Crippen molar-refractivity contribution in [3.63, 3.8) is 0 Å². The van der Waals surface area contributed by atoms with Gasteiger partial charge in [-0.1, -0.05) is 52.3 Å². The molecule has 0 aromatic heterocycles. The normalized spacial score (nSPS) is 19.3. The molecule has 0 fully saturated rings. The lowest BCUT2D eigenvalue weighted by atomic mass is 9.89. The summed E-state index contributed by atoms with van der Waals surface area (Å²) >= 11 is 0. The maximum Gasteiger partial charge on any atom is -0.0127 e. The molecule has 0 heterocycles. The molecule has 0 nitrogen and oxygen atoms in total. The Morgan fingerprint density at radius 2 is 1.69 bits per heavy atom. The van der Waals surface area contributed by atoms with E-state index >= 15 is 0 Å². The van der Waals surface area contributed by atoms with Gasteiger partial charge >= 0.3 is 0 Å². The fraction of sp³-hybridized carbons (Fsp3) is 0.692. The first-order valence-electron chi connectivity index (χ1n) is 5.43. The summed E-state index contributed by atoms with van der Waals surface area (Å²) in [5.74, 6) is 2.20. The van der Waals surface area contributed by atoms with Crippen molar-refractivity contribution in [2.24, 2.45) is 17.8 Å². The topological polar surface area (TPSA) is 0 Å². The average molecular weight is 178 g/mol. The third-order valence-electron chi connectivity index (χ3n) is 3.18. The van der Waals surface area contributed by atoms with Crippen molar-refractivity contribution in [1.82, 2.24) is 0 Å². The molecule has 0 N–H and O–H groups in total. The predicted molar refractivity (Wildman–Crippen MR) is 59.6 cm³/mol. The zero-order chi connectivity index (χ0) is 10.0. The van der Waals surface area contributed by atoms with Crippen LogP contribution in [0.25, 0.3) is 0 Å². The van der Waals surface area contributed by atoms with Crippen molar-refractivity contribution in [3.8, 4) is 0 Å². The van der Waals surface area contributed by atoms with E-state index in [1.165, 1.54) is 12.0 Å². The van der Waals surface area contributed by atoms with Gasteiger partial charge in [-0.25, -0.2) is 0 Å². The van der Waals surface area contributed by atoms with Crippen LogP contribution in [0.3, 0.4) is 0 Å². The van der Waals surface area contributed by atoms with Gasteiger partial charge in [-0.3, -0.25) is 0 Å². The Balaban J connectivity index is 2.64. The lowest BCUT2D eigenvalue weighted by Crippen LogP contribution is -2.05. The molecular formula is C13H22. The van der Waals surface area contributed by atoms with E-state index in [0.717, 1.165) is 11.8 Å². The predicted octanol–water partition coefficient (Wildman–Crippen LogP) is 4.19. The fourth-order valence-corrected chi connectivity index (χ4v) is 1.72. The Morgan fingerprint density at radius 3 is 2.08 bits per heavy atom. The van der Waals surface area contributed by atoms with E-state index in [0.29, 0.717) is 5.92 Å². The molecule has 1 rings (SSSR count). The first kappa shape index (κ1) is 10.6. The van der Waals surface area contributed by atoms with Crippen LogP contribution >= 0.6 is 0 Å². The minimum absolute atomic E-state index is 0.692. The monoisotopic (exact) mass is 178 g/mol. The van der Waals surface area contributed by atoms with Crippen molar-refractivity contribution < 1.29 is 0 Å². The number of allylic oxidation sites excluding steroid dienone is 4. The molecule has 0 aromatic carbocycles. The maximum absolute atomic E-state index is 2.41. The number of rotatable bonds is 3. The summed E-state index contributed by atoms with van der Waals surface area (Å²) in [4.78, 5) is 0. The number of hydrogen-bond donors (Lipinski definition) is 0. The van der Waals surface area contributed by atoms with Crippen molar-refractivity contribution in [1.29, 1.82) is 0 Å². The van der Waals surface area contributed by atoms with Crippen molar-refractivity contribution >= 4 is 0 Å². The van der Waals surface area contributed by atoms with Crippen molar-refractivity contribution in [2.75, 3.05) is 0 Å². The molecule has 1 atom stereocenters. The Morgan fingerprint density at radius 1 is 1.08 bits per heavy atom. The second-order valence-electron chi connectivity index (χ2n) is 4.81. The Kier molecular flexibility index (Phi) is 3.35. The smallest absolute Gasteiger partial charge is 0.0127 e.